The van der Waals surface area contributed by atoms with Crippen molar-refractivity contribution in [2.75, 3.05) is 14.1 Å². The zero-order valence-electron chi connectivity index (χ0n) is 20.6. The second-order valence-electron chi connectivity index (χ2n) is 10.1. The van der Waals surface area contributed by atoms with Gasteiger partial charge in [-0.2, -0.15) is 0 Å². The maximum atomic E-state index is 14.0. The van der Waals surface area contributed by atoms with Crippen LogP contribution in [0.4, 0.5) is 0 Å². The van der Waals surface area contributed by atoms with Gasteiger partial charge >= 0.3 is 0 Å². The monoisotopic (exact) mass is 738 g/mol. The Labute approximate surface area is 247 Å². The molecule has 1 fully saturated rings. The fraction of sp³-hybridized carbons (Fsp3) is 0.458. The molecule has 0 saturated heterocycles. The SMILES string of the molecule is CN(C)[C@@H]1C(=O)C(C(=O)NC(O)C(Br)(Br)Br)=C(O)[C@@]2(O)C(=O)C3=C(O)c4c(O)cccc4[C@@](C)(O)[C@H]3[C@H](O)[C@@H]12. The van der Waals surface area contributed by atoms with E-state index in [1.54, 1.807) is 0 Å². The summed E-state index contributed by atoms with van der Waals surface area (Å²) >= 11 is 9.01. The van der Waals surface area contributed by atoms with Gasteiger partial charge in [-0.25, -0.2) is 0 Å². The molecule has 0 aliphatic heterocycles. The average molecular weight is 741 g/mol. The number of fused-ring (bicyclic) bond motifs is 3. The highest BCUT2D eigenvalue weighted by molar-refractivity contribution is 9.39. The maximum absolute atomic E-state index is 14.0. The van der Waals surface area contributed by atoms with E-state index < -0.39 is 89.4 Å². The van der Waals surface area contributed by atoms with E-state index in [0.717, 1.165) is 0 Å². The number of halogens is 3. The van der Waals surface area contributed by atoms with Crippen molar-refractivity contribution in [2.24, 2.45) is 11.8 Å². The van der Waals surface area contributed by atoms with Gasteiger partial charge in [-0.15, -0.1) is 0 Å². The van der Waals surface area contributed by atoms with Crippen LogP contribution in [0.5, 0.6) is 5.75 Å². The van der Waals surface area contributed by atoms with Gasteiger partial charge in [0.2, 0.25) is 5.78 Å². The summed E-state index contributed by atoms with van der Waals surface area (Å²) in [6, 6.07) is 2.36. The van der Waals surface area contributed by atoms with E-state index in [-0.39, 0.29) is 11.1 Å². The number of aromatic hydroxyl groups is 1. The Balaban J connectivity index is 2.00. The summed E-state index contributed by atoms with van der Waals surface area (Å²) in [5, 5.41) is 80.0. The number of phenols is 1. The number of nitrogens with one attached hydrogen (secondary N) is 1. The number of benzene rings is 1. The van der Waals surface area contributed by atoms with E-state index >= 15 is 0 Å². The van der Waals surface area contributed by atoms with Gasteiger partial charge in [0.15, 0.2) is 19.8 Å². The van der Waals surface area contributed by atoms with Crippen molar-refractivity contribution < 1.29 is 50.1 Å². The first-order chi connectivity index (χ1) is 17.8. The second kappa shape index (κ2) is 9.62. The van der Waals surface area contributed by atoms with Crippen LogP contribution in [0.15, 0.2) is 35.1 Å². The molecular formula is C24H25Br3N2O10. The Hall–Kier alpha value is -1.85. The van der Waals surface area contributed by atoms with Crippen molar-refractivity contribution in [3.63, 3.8) is 0 Å². The summed E-state index contributed by atoms with van der Waals surface area (Å²) < 4.78 is -1.44. The Morgan fingerprint density at radius 3 is 2.26 bits per heavy atom. The molecule has 1 aromatic rings. The molecule has 4 rings (SSSR count). The number of likely N-dealkylation sites (N-methyl/N-ethyl adjacent to an activating group) is 1. The summed E-state index contributed by atoms with van der Waals surface area (Å²) in [6.07, 6.45) is -3.68. The maximum Gasteiger partial charge on any atom is 0.260 e. The first-order valence-electron chi connectivity index (χ1n) is 11.4. The van der Waals surface area contributed by atoms with Gasteiger partial charge in [-0.1, -0.05) is 59.9 Å². The molecule has 12 nitrogen and oxygen atoms in total. The van der Waals surface area contributed by atoms with Crippen molar-refractivity contribution >= 4 is 71.0 Å². The van der Waals surface area contributed by atoms with Crippen LogP contribution in [0.2, 0.25) is 0 Å². The predicted molar refractivity (Wildman–Crippen MR) is 146 cm³/mol. The zero-order chi connectivity index (χ0) is 29.6. The number of carbonyl (C=O) groups excluding carboxylic acids is 3. The third-order valence-corrected chi connectivity index (χ3v) is 8.89. The number of carbonyl (C=O) groups is 3. The number of aliphatic hydroxyl groups is 6. The molecule has 0 heterocycles. The predicted octanol–water partition coefficient (Wildman–Crippen LogP) is 0.388. The number of hydrogen-bond acceptors (Lipinski definition) is 11. The van der Waals surface area contributed by atoms with E-state index in [9.17, 15) is 50.1 Å². The number of hydrogen-bond donors (Lipinski definition) is 8. The number of nitrogens with zero attached hydrogens (tertiary/aromatic N) is 1. The van der Waals surface area contributed by atoms with Crippen molar-refractivity contribution in [3.8, 4) is 5.75 Å². The minimum absolute atomic E-state index is 0.0220. The molecule has 1 saturated carbocycles. The fourth-order valence-corrected chi connectivity index (χ4v) is 6.20. The quantitative estimate of drug-likeness (QED) is 0.121. The zero-order valence-corrected chi connectivity index (χ0v) is 25.3. The van der Waals surface area contributed by atoms with E-state index in [1.165, 1.54) is 44.1 Å². The number of aliphatic hydroxyl groups excluding tert-OH is 4. The third kappa shape index (κ3) is 4.20. The number of Topliss-reactive ketones (excluding diaryl/α,β-unsaturated/α-hetero) is 2. The molecule has 1 amide bonds. The normalized spacial score (nSPS) is 33.5. The molecule has 1 unspecified atom stereocenters. The highest BCUT2D eigenvalue weighted by Crippen LogP contribution is 2.57. The van der Waals surface area contributed by atoms with E-state index in [1.807, 2.05) is 5.32 Å². The summed E-state index contributed by atoms with van der Waals surface area (Å²) in [5.74, 6) is -10.0. The lowest BCUT2D eigenvalue weighted by atomic mass is 9.53. The van der Waals surface area contributed by atoms with Gasteiger partial charge in [0, 0.05) is 0 Å². The lowest BCUT2D eigenvalue weighted by molar-refractivity contribution is -0.181. The Kier molecular flexibility index (Phi) is 7.43. The summed E-state index contributed by atoms with van der Waals surface area (Å²) in [4.78, 5) is 41.9. The molecule has 39 heavy (non-hydrogen) atoms. The number of amides is 1. The second-order valence-corrected chi connectivity index (χ2v) is 17.1. The summed E-state index contributed by atoms with van der Waals surface area (Å²) in [6.45, 7) is 1.24. The molecule has 8 N–H and O–H groups in total. The van der Waals surface area contributed by atoms with Crippen molar-refractivity contribution in [3.05, 3.63) is 46.2 Å². The van der Waals surface area contributed by atoms with Gasteiger partial charge < -0.3 is 41.1 Å². The van der Waals surface area contributed by atoms with E-state index in [0.29, 0.717) is 0 Å². The molecule has 3 aliphatic carbocycles. The van der Waals surface area contributed by atoms with Gasteiger partial charge in [0.05, 0.1) is 40.7 Å². The van der Waals surface area contributed by atoms with E-state index in [4.69, 9.17) is 0 Å². The lowest BCUT2D eigenvalue weighted by Gasteiger charge is -2.55. The number of alkyl halides is 3. The summed E-state index contributed by atoms with van der Waals surface area (Å²) in [7, 11) is 2.76. The molecule has 7 atom stereocenters. The largest absolute Gasteiger partial charge is 0.508 e. The minimum atomic E-state index is -3.13. The third-order valence-electron chi connectivity index (χ3n) is 7.59. The number of phenolic OH excluding ortho intramolecular Hbond substituents is 1. The number of rotatable bonds is 3. The standard InChI is InChI=1S/C24H25Br3N2O10/c1-22(38)7-5-4-6-8(30)9(7)15(31)10-12(22)17(33)13-14(29(2)3)16(32)11(19(35)23(13,39)18(10)34)20(36)28-21(37)24(25,26)27/h4-6,12-14,17,21,30-31,33,35,37-39H,1-3H3,(H,28,36)/t12-,13-,14+,17+,21?,22-,23+/m1/s1. The van der Waals surface area contributed by atoms with Crippen LogP contribution in [-0.4, -0.2) is 98.3 Å². The molecule has 0 spiro atoms. The first-order valence-corrected chi connectivity index (χ1v) is 13.8. The van der Waals surface area contributed by atoms with Crippen LogP contribution in [0.1, 0.15) is 18.1 Å². The Bertz CT molecular complexity index is 1350. The van der Waals surface area contributed by atoms with Crippen LogP contribution in [0.3, 0.4) is 0 Å². The summed E-state index contributed by atoms with van der Waals surface area (Å²) in [5.41, 5.74) is -7.34. The fourth-order valence-electron chi connectivity index (χ4n) is 5.86. The van der Waals surface area contributed by atoms with Crippen LogP contribution >= 0.6 is 47.8 Å². The molecule has 1 aromatic carbocycles. The molecule has 0 bridgehead atoms. The highest BCUT2D eigenvalue weighted by atomic mass is 80.0. The smallest absolute Gasteiger partial charge is 0.260 e. The van der Waals surface area contributed by atoms with Crippen molar-refractivity contribution in [1.82, 2.24) is 10.2 Å². The lowest BCUT2D eigenvalue weighted by Crippen LogP contribution is -2.72. The molecule has 3 aliphatic rings. The average Bonchev–Trinajstić information content (AvgIpc) is 2.80. The van der Waals surface area contributed by atoms with Crippen molar-refractivity contribution in [1.29, 1.82) is 0 Å². The van der Waals surface area contributed by atoms with Crippen LogP contribution in [0, 0.1) is 11.8 Å². The van der Waals surface area contributed by atoms with Gasteiger partial charge in [-0.05, 0) is 32.6 Å². The van der Waals surface area contributed by atoms with Crippen molar-refractivity contribution in [2.45, 2.75) is 38.6 Å². The van der Waals surface area contributed by atoms with Crippen LogP contribution < -0.4 is 5.32 Å². The van der Waals surface area contributed by atoms with E-state index in [2.05, 4.69) is 47.8 Å². The van der Waals surface area contributed by atoms with Gasteiger partial charge in [0.25, 0.3) is 5.91 Å². The molecule has 0 aromatic heterocycles. The Morgan fingerprint density at radius 2 is 1.72 bits per heavy atom. The Morgan fingerprint density at radius 1 is 1.13 bits per heavy atom. The van der Waals surface area contributed by atoms with Gasteiger partial charge in [-0.3, -0.25) is 19.3 Å². The molecule has 212 valence electrons. The first kappa shape index (κ1) is 30.1. The van der Waals surface area contributed by atoms with Crippen LogP contribution in [-0.2, 0) is 20.0 Å². The number of ketones is 2. The van der Waals surface area contributed by atoms with Gasteiger partial charge in [0.1, 0.15) is 22.8 Å². The molecule has 15 heteroatoms. The highest BCUT2D eigenvalue weighted by Gasteiger charge is 2.70. The minimum Gasteiger partial charge on any atom is -0.508 e. The molecular weight excluding hydrogens is 716 g/mol. The van der Waals surface area contributed by atoms with Crippen LogP contribution in [0.25, 0.3) is 5.76 Å². The molecule has 0 radical (unpaired) electrons. The topological polar surface area (TPSA) is 208 Å².